The molecule has 3 aromatic rings. The molecular formula is C22H20O3S. The van der Waals surface area contributed by atoms with Gasteiger partial charge in [0.15, 0.2) is 0 Å². The van der Waals surface area contributed by atoms with Gasteiger partial charge in [0.1, 0.15) is 0 Å². The summed E-state index contributed by atoms with van der Waals surface area (Å²) in [7, 11) is -3.72. The van der Waals surface area contributed by atoms with E-state index in [2.05, 4.69) is 24.3 Å². The first kappa shape index (κ1) is 17.0. The van der Waals surface area contributed by atoms with Crippen LogP contribution >= 0.6 is 0 Å². The van der Waals surface area contributed by atoms with E-state index >= 15 is 0 Å². The van der Waals surface area contributed by atoms with Crippen molar-refractivity contribution in [1.82, 2.24) is 0 Å². The van der Waals surface area contributed by atoms with E-state index in [9.17, 15) is 8.42 Å². The smallest absolute Gasteiger partial charge is 0.266 e. The summed E-state index contributed by atoms with van der Waals surface area (Å²) in [4.78, 5) is 0.204. The van der Waals surface area contributed by atoms with Crippen LogP contribution in [-0.2, 0) is 14.3 Å². The Hall–Kier alpha value is -2.43. The molecule has 0 bridgehead atoms. The largest absolute Gasteiger partial charge is 0.296 e. The minimum Gasteiger partial charge on any atom is -0.266 e. The first-order valence-corrected chi connectivity index (χ1v) is 10.1. The molecule has 0 fully saturated rings. The van der Waals surface area contributed by atoms with Gasteiger partial charge in [0.25, 0.3) is 10.1 Å². The molecule has 0 N–H and O–H groups in total. The quantitative estimate of drug-likeness (QED) is 0.605. The van der Waals surface area contributed by atoms with E-state index < -0.39 is 10.1 Å². The van der Waals surface area contributed by atoms with Gasteiger partial charge in [-0.15, -0.1) is 0 Å². The van der Waals surface area contributed by atoms with Crippen molar-refractivity contribution in [3.63, 3.8) is 0 Å². The highest BCUT2D eigenvalue weighted by atomic mass is 32.2. The lowest BCUT2D eigenvalue weighted by Gasteiger charge is -2.14. The summed E-state index contributed by atoms with van der Waals surface area (Å²) in [5.74, 6) is 0.163. The zero-order valence-electron chi connectivity index (χ0n) is 14.6. The lowest BCUT2D eigenvalue weighted by molar-refractivity contribution is 0.306. The van der Waals surface area contributed by atoms with Gasteiger partial charge in [-0.05, 0) is 47.7 Å². The maximum atomic E-state index is 12.4. The summed E-state index contributed by atoms with van der Waals surface area (Å²) in [6.45, 7) is 2.08. The van der Waals surface area contributed by atoms with Crippen molar-refractivity contribution >= 4 is 10.1 Å². The van der Waals surface area contributed by atoms with Crippen molar-refractivity contribution in [3.8, 4) is 11.1 Å². The van der Waals surface area contributed by atoms with Gasteiger partial charge in [0, 0.05) is 5.92 Å². The molecule has 0 radical (unpaired) electrons. The second-order valence-electron chi connectivity index (χ2n) is 6.60. The van der Waals surface area contributed by atoms with Gasteiger partial charge >= 0.3 is 0 Å². The molecule has 0 aliphatic heterocycles. The average Bonchev–Trinajstić information content (AvgIpc) is 2.97. The number of aryl methyl sites for hydroxylation is 1. The van der Waals surface area contributed by atoms with Crippen LogP contribution in [0.5, 0.6) is 0 Å². The summed E-state index contributed by atoms with van der Waals surface area (Å²) in [6, 6.07) is 23.4. The van der Waals surface area contributed by atoms with E-state index in [-0.39, 0.29) is 17.4 Å². The molecule has 4 rings (SSSR count). The zero-order valence-corrected chi connectivity index (χ0v) is 15.4. The standard InChI is InChI=1S/C22H20O3S/c1-16-10-12-17(13-11-16)26(23,24)25-15-14-22-20-8-4-2-6-18(20)19-7-3-5-9-21(19)22/h2-13,22H,14-15H2,1H3. The van der Waals surface area contributed by atoms with Crippen molar-refractivity contribution in [2.24, 2.45) is 0 Å². The summed E-state index contributed by atoms with van der Waals surface area (Å²) >= 11 is 0. The van der Waals surface area contributed by atoms with E-state index in [1.54, 1.807) is 24.3 Å². The third kappa shape index (κ3) is 3.06. The lowest BCUT2D eigenvalue weighted by Crippen LogP contribution is -2.10. The van der Waals surface area contributed by atoms with Gasteiger partial charge in [0.05, 0.1) is 11.5 Å². The minimum atomic E-state index is -3.72. The molecule has 0 amide bonds. The molecule has 0 saturated heterocycles. The highest BCUT2D eigenvalue weighted by Crippen LogP contribution is 2.46. The Morgan fingerprint density at radius 2 is 1.35 bits per heavy atom. The fraction of sp³-hybridized carbons (Fsp3) is 0.182. The number of hydrogen-bond acceptors (Lipinski definition) is 3. The van der Waals surface area contributed by atoms with E-state index in [4.69, 9.17) is 4.18 Å². The maximum Gasteiger partial charge on any atom is 0.296 e. The van der Waals surface area contributed by atoms with E-state index in [0.717, 1.165) is 5.56 Å². The van der Waals surface area contributed by atoms with Crippen molar-refractivity contribution < 1.29 is 12.6 Å². The van der Waals surface area contributed by atoms with Crippen LogP contribution in [0.4, 0.5) is 0 Å². The van der Waals surface area contributed by atoms with Crippen LogP contribution in [0.2, 0.25) is 0 Å². The highest BCUT2D eigenvalue weighted by Gasteiger charge is 2.28. The molecule has 1 aliphatic rings. The Balaban J connectivity index is 1.53. The fourth-order valence-electron chi connectivity index (χ4n) is 3.62. The van der Waals surface area contributed by atoms with Gasteiger partial charge in [-0.2, -0.15) is 8.42 Å². The average molecular weight is 364 g/mol. The number of rotatable bonds is 5. The SMILES string of the molecule is Cc1ccc(S(=O)(=O)OCCC2c3ccccc3-c3ccccc32)cc1. The van der Waals surface area contributed by atoms with Crippen molar-refractivity contribution in [2.45, 2.75) is 24.2 Å². The molecule has 3 aromatic carbocycles. The Kier molecular flexibility index (Phi) is 4.39. The first-order chi connectivity index (χ1) is 12.6. The molecule has 132 valence electrons. The van der Waals surface area contributed by atoms with Crippen molar-refractivity contribution in [2.75, 3.05) is 6.61 Å². The topological polar surface area (TPSA) is 43.4 Å². The fourth-order valence-corrected chi connectivity index (χ4v) is 4.54. The lowest BCUT2D eigenvalue weighted by atomic mass is 9.94. The predicted molar refractivity (Wildman–Crippen MR) is 103 cm³/mol. The van der Waals surface area contributed by atoms with Crippen LogP contribution in [0.3, 0.4) is 0 Å². The van der Waals surface area contributed by atoms with Crippen LogP contribution < -0.4 is 0 Å². The first-order valence-electron chi connectivity index (χ1n) is 8.70. The van der Waals surface area contributed by atoms with E-state index in [0.29, 0.717) is 6.42 Å². The molecule has 0 aromatic heterocycles. The highest BCUT2D eigenvalue weighted by molar-refractivity contribution is 7.86. The van der Waals surface area contributed by atoms with Gasteiger partial charge in [-0.25, -0.2) is 0 Å². The second kappa shape index (κ2) is 6.71. The third-order valence-electron chi connectivity index (χ3n) is 4.92. The predicted octanol–water partition coefficient (Wildman–Crippen LogP) is 4.90. The van der Waals surface area contributed by atoms with Crippen molar-refractivity contribution in [3.05, 3.63) is 89.5 Å². The summed E-state index contributed by atoms with van der Waals surface area (Å²) in [5, 5.41) is 0. The minimum absolute atomic E-state index is 0.156. The van der Waals surface area contributed by atoms with Crippen molar-refractivity contribution in [1.29, 1.82) is 0 Å². The molecule has 1 aliphatic carbocycles. The molecule has 0 heterocycles. The molecule has 0 saturated carbocycles. The summed E-state index contributed by atoms with van der Waals surface area (Å²) in [5.41, 5.74) is 5.96. The third-order valence-corrected chi connectivity index (χ3v) is 6.24. The Morgan fingerprint density at radius 3 is 1.92 bits per heavy atom. The van der Waals surface area contributed by atoms with E-state index in [1.165, 1.54) is 22.3 Å². The normalized spacial score (nSPS) is 13.4. The number of benzene rings is 3. The number of fused-ring (bicyclic) bond motifs is 3. The van der Waals surface area contributed by atoms with Crippen LogP contribution in [0.1, 0.15) is 29.0 Å². The van der Waals surface area contributed by atoms with Crippen LogP contribution in [0, 0.1) is 6.92 Å². The molecular weight excluding hydrogens is 344 g/mol. The Labute approximate surface area is 154 Å². The molecule has 0 unspecified atom stereocenters. The van der Waals surface area contributed by atoms with Crippen LogP contribution in [-0.4, -0.2) is 15.0 Å². The molecule has 26 heavy (non-hydrogen) atoms. The zero-order chi connectivity index (χ0) is 18.1. The Bertz CT molecular complexity index is 991. The monoisotopic (exact) mass is 364 g/mol. The molecule has 0 spiro atoms. The van der Waals surface area contributed by atoms with E-state index in [1.807, 2.05) is 31.2 Å². The number of hydrogen-bond donors (Lipinski definition) is 0. The second-order valence-corrected chi connectivity index (χ2v) is 8.22. The maximum absolute atomic E-state index is 12.4. The van der Waals surface area contributed by atoms with Crippen LogP contribution in [0.25, 0.3) is 11.1 Å². The van der Waals surface area contributed by atoms with Gasteiger partial charge < -0.3 is 0 Å². The summed E-state index contributed by atoms with van der Waals surface area (Å²) < 4.78 is 30.1. The van der Waals surface area contributed by atoms with Gasteiger partial charge in [-0.3, -0.25) is 4.18 Å². The molecule has 3 nitrogen and oxygen atoms in total. The molecule has 4 heteroatoms. The Morgan fingerprint density at radius 1 is 0.808 bits per heavy atom. The van der Waals surface area contributed by atoms with Crippen LogP contribution in [0.15, 0.2) is 77.7 Å². The van der Waals surface area contributed by atoms with Gasteiger partial charge in [-0.1, -0.05) is 66.2 Å². The molecule has 0 atom stereocenters. The summed E-state index contributed by atoms with van der Waals surface area (Å²) in [6.07, 6.45) is 0.624. The van der Waals surface area contributed by atoms with Gasteiger partial charge in [0.2, 0.25) is 0 Å².